The molecule has 1 rings (SSSR count). The smallest absolute Gasteiger partial charge is 0.0284 e. The Labute approximate surface area is 86.4 Å². The van der Waals surface area contributed by atoms with Gasteiger partial charge in [-0.05, 0) is 18.1 Å². The fourth-order valence-corrected chi connectivity index (χ4v) is 1.24. The second kappa shape index (κ2) is 5.28. The first kappa shape index (κ1) is 10.6. The molecule has 0 amide bonds. The van der Waals surface area contributed by atoms with E-state index < -0.39 is 0 Å². The zero-order chi connectivity index (χ0) is 10.4. The highest BCUT2D eigenvalue weighted by Crippen LogP contribution is 2.04. The molecule has 1 aromatic carbocycles. The Morgan fingerprint density at radius 1 is 1.36 bits per heavy atom. The van der Waals surface area contributed by atoms with E-state index in [1.54, 1.807) is 6.08 Å². The van der Waals surface area contributed by atoms with Gasteiger partial charge in [-0.1, -0.05) is 43.5 Å². The Hall–Kier alpha value is -1.50. The molecule has 1 aromatic rings. The summed E-state index contributed by atoms with van der Waals surface area (Å²) < 4.78 is 0. The van der Waals surface area contributed by atoms with E-state index in [-0.39, 0.29) is 0 Å². The van der Waals surface area contributed by atoms with E-state index in [0.29, 0.717) is 0 Å². The normalized spacial score (nSPS) is 9.50. The molecule has 0 unspecified atom stereocenters. The van der Waals surface area contributed by atoms with E-state index in [0.717, 1.165) is 18.7 Å². The van der Waals surface area contributed by atoms with Gasteiger partial charge in [-0.3, -0.25) is 0 Å². The molecular weight excluding hydrogens is 170 g/mol. The first-order chi connectivity index (χ1) is 6.74. The van der Waals surface area contributed by atoms with E-state index in [4.69, 9.17) is 0 Å². The van der Waals surface area contributed by atoms with Gasteiger partial charge in [0.15, 0.2) is 0 Å². The van der Waals surface area contributed by atoms with Gasteiger partial charge in [0, 0.05) is 19.3 Å². The fourth-order valence-electron chi connectivity index (χ4n) is 1.24. The average molecular weight is 187 g/mol. The summed E-state index contributed by atoms with van der Waals surface area (Å²) >= 11 is 0. The molecule has 14 heavy (non-hydrogen) atoms. The van der Waals surface area contributed by atoms with Crippen molar-refractivity contribution in [2.45, 2.75) is 6.42 Å². The largest absolute Gasteiger partial charge is 0.375 e. The Kier molecular flexibility index (Phi) is 3.99. The molecule has 0 aliphatic carbocycles. The van der Waals surface area contributed by atoms with Crippen molar-refractivity contribution in [1.82, 2.24) is 4.90 Å². The lowest BCUT2D eigenvalue weighted by atomic mass is 10.1. The van der Waals surface area contributed by atoms with Crippen molar-refractivity contribution in [3.63, 3.8) is 0 Å². The lowest BCUT2D eigenvalue weighted by Crippen LogP contribution is -2.18. The van der Waals surface area contributed by atoms with Gasteiger partial charge in [0.05, 0.1) is 0 Å². The molecule has 0 radical (unpaired) electrons. The summed E-state index contributed by atoms with van der Waals surface area (Å²) in [5.74, 6) is 0. The van der Waals surface area contributed by atoms with Crippen LogP contribution in [0, 0.1) is 0 Å². The Balaban J connectivity index is 2.41. The average Bonchev–Trinajstić information content (AvgIpc) is 2.26. The minimum Gasteiger partial charge on any atom is -0.375 e. The SMILES string of the molecule is C=CC(=C)N(C)CCc1ccccc1. The topological polar surface area (TPSA) is 3.24 Å². The van der Waals surface area contributed by atoms with Crippen LogP contribution in [-0.2, 0) is 6.42 Å². The predicted molar refractivity (Wildman–Crippen MR) is 62.1 cm³/mol. The highest BCUT2D eigenvalue weighted by molar-refractivity contribution is 5.16. The lowest BCUT2D eigenvalue weighted by Gasteiger charge is -2.18. The molecule has 0 aliphatic heterocycles. The van der Waals surface area contributed by atoms with Crippen LogP contribution in [0.5, 0.6) is 0 Å². The zero-order valence-electron chi connectivity index (χ0n) is 8.74. The second-order valence-corrected chi connectivity index (χ2v) is 3.35. The van der Waals surface area contributed by atoms with Gasteiger partial charge in [-0.25, -0.2) is 0 Å². The van der Waals surface area contributed by atoms with Gasteiger partial charge in [0.25, 0.3) is 0 Å². The minimum absolute atomic E-state index is 0.973. The van der Waals surface area contributed by atoms with E-state index in [2.05, 4.69) is 42.3 Å². The van der Waals surface area contributed by atoms with Gasteiger partial charge >= 0.3 is 0 Å². The van der Waals surface area contributed by atoms with Crippen LogP contribution in [0.3, 0.4) is 0 Å². The molecule has 0 aliphatic rings. The van der Waals surface area contributed by atoms with Crippen LogP contribution in [0.1, 0.15) is 5.56 Å². The van der Waals surface area contributed by atoms with Crippen molar-refractivity contribution in [2.24, 2.45) is 0 Å². The number of hydrogen-bond donors (Lipinski definition) is 0. The third kappa shape index (κ3) is 3.09. The van der Waals surface area contributed by atoms with Gasteiger partial charge in [-0.15, -0.1) is 0 Å². The molecule has 0 fully saturated rings. The first-order valence-corrected chi connectivity index (χ1v) is 4.80. The number of likely N-dealkylation sites (N-methyl/N-ethyl adjacent to an activating group) is 1. The molecule has 0 spiro atoms. The summed E-state index contributed by atoms with van der Waals surface area (Å²) in [6.07, 6.45) is 2.83. The first-order valence-electron chi connectivity index (χ1n) is 4.80. The monoisotopic (exact) mass is 187 g/mol. The van der Waals surface area contributed by atoms with Crippen molar-refractivity contribution in [1.29, 1.82) is 0 Å². The maximum Gasteiger partial charge on any atom is 0.0284 e. The number of benzene rings is 1. The quantitative estimate of drug-likeness (QED) is 0.641. The maximum absolute atomic E-state index is 3.89. The van der Waals surface area contributed by atoms with Crippen LogP contribution in [-0.4, -0.2) is 18.5 Å². The molecule has 0 heterocycles. The molecule has 0 saturated heterocycles. The van der Waals surface area contributed by atoms with Gasteiger partial charge in [-0.2, -0.15) is 0 Å². The molecule has 0 bridgehead atoms. The van der Waals surface area contributed by atoms with Gasteiger partial charge in [0.1, 0.15) is 0 Å². The van der Waals surface area contributed by atoms with E-state index in [9.17, 15) is 0 Å². The summed E-state index contributed by atoms with van der Waals surface area (Å²) in [5.41, 5.74) is 2.33. The van der Waals surface area contributed by atoms with Crippen LogP contribution in [0.15, 0.2) is 55.3 Å². The Bertz CT molecular complexity index is 300. The summed E-state index contributed by atoms with van der Waals surface area (Å²) in [6, 6.07) is 10.5. The molecule has 1 heteroatoms. The Morgan fingerprint density at radius 3 is 2.57 bits per heavy atom. The molecule has 74 valence electrons. The fraction of sp³-hybridized carbons (Fsp3) is 0.231. The van der Waals surface area contributed by atoms with Crippen LogP contribution < -0.4 is 0 Å². The maximum atomic E-state index is 3.89. The van der Waals surface area contributed by atoms with Crippen molar-refractivity contribution in [2.75, 3.05) is 13.6 Å². The third-order valence-electron chi connectivity index (χ3n) is 2.30. The standard InChI is InChI=1S/C13H17N/c1-4-12(2)14(3)11-10-13-8-6-5-7-9-13/h4-9H,1-2,10-11H2,3H3. The summed E-state index contributed by atoms with van der Waals surface area (Å²) in [6.45, 7) is 8.57. The van der Waals surface area contributed by atoms with Crippen LogP contribution >= 0.6 is 0 Å². The molecule has 0 aromatic heterocycles. The van der Waals surface area contributed by atoms with Crippen molar-refractivity contribution in [3.8, 4) is 0 Å². The molecule has 1 nitrogen and oxygen atoms in total. The molecular formula is C13H17N. The van der Waals surface area contributed by atoms with E-state index in [1.807, 2.05) is 13.1 Å². The highest BCUT2D eigenvalue weighted by atomic mass is 15.1. The minimum atomic E-state index is 0.973. The zero-order valence-corrected chi connectivity index (χ0v) is 8.74. The number of hydrogen-bond acceptors (Lipinski definition) is 1. The van der Waals surface area contributed by atoms with Crippen LogP contribution in [0.25, 0.3) is 0 Å². The summed E-state index contributed by atoms with van der Waals surface area (Å²) in [4.78, 5) is 2.11. The Morgan fingerprint density at radius 2 is 2.00 bits per heavy atom. The van der Waals surface area contributed by atoms with E-state index >= 15 is 0 Å². The summed E-state index contributed by atoms with van der Waals surface area (Å²) in [5, 5.41) is 0. The van der Waals surface area contributed by atoms with Crippen LogP contribution in [0.2, 0.25) is 0 Å². The highest BCUT2D eigenvalue weighted by Gasteiger charge is 1.98. The second-order valence-electron chi connectivity index (χ2n) is 3.35. The predicted octanol–water partition coefficient (Wildman–Crippen LogP) is 2.86. The molecule has 0 atom stereocenters. The van der Waals surface area contributed by atoms with Crippen LogP contribution in [0.4, 0.5) is 0 Å². The molecule has 0 saturated carbocycles. The van der Waals surface area contributed by atoms with Crippen molar-refractivity contribution < 1.29 is 0 Å². The van der Waals surface area contributed by atoms with Crippen molar-refractivity contribution >= 4 is 0 Å². The van der Waals surface area contributed by atoms with E-state index in [1.165, 1.54) is 5.56 Å². The number of allylic oxidation sites excluding steroid dienone is 1. The summed E-state index contributed by atoms with van der Waals surface area (Å²) in [7, 11) is 2.03. The number of nitrogens with zero attached hydrogens (tertiary/aromatic N) is 1. The molecule has 0 N–H and O–H groups in total. The number of rotatable bonds is 5. The van der Waals surface area contributed by atoms with Crippen molar-refractivity contribution in [3.05, 3.63) is 60.8 Å². The van der Waals surface area contributed by atoms with Gasteiger partial charge < -0.3 is 4.90 Å². The third-order valence-corrected chi connectivity index (χ3v) is 2.30. The van der Waals surface area contributed by atoms with Gasteiger partial charge in [0.2, 0.25) is 0 Å². The lowest BCUT2D eigenvalue weighted by molar-refractivity contribution is 0.437.